The molecule has 1 aliphatic carbocycles. The van der Waals surface area contributed by atoms with Gasteiger partial charge in [0.15, 0.2) is 0 Å². The van der Waals surface area contributed by atoms with Gasteiger partial charge >= 0.3 is 5.97 Å². The zero-order chi connectivity index (χ0) is 15.3. The van der Waals surface area contributed by atoms with Crippen molar-refractivity contribution in [2.75, 3.05) is 13.1 Å². The number of aromatic nitrogens is 2. The molecule has 5 heteroatoms. The molecule has 4 rings (SSSR count). The smallest absolute Gasteiger partial charge is 0.311 e. The summed E-state index contributed by atoms with van der Waals surface area (Å²) in [7, 11) is 0. The largest absolute Gasteiger partial charge is 0.481 e. The summed E-state index contributed by atoms with van der Waals surface area (Å²) < 4.78 is 2.12. The van der Waals surface area contributed by atoms with Gasteiger partial charge in [-0.25, -0.2) is 4.98 Å². The van der Waals surface area contributed by atoms with Crippen molar-refractivity contribution in [2.24, 2.45) is 11.3 Å². The number of rotatable bonds is 3. The molecule has 1 N–H and O–H groups in total. The number of hydrogen-bond donors (Lipinski definition) is 1. The lowest BCUT2D eigenvalue weighted by molar-refractivity contribution is -0.149. The first-order valence-corrected chi connectivity index (χ1v) is 7.97. The fraction of sp³-hybridized carbons (Fsp3) is 0.529. The Bertz CT molecular complexity index is 739. The van der Waals surface area contributed by atoms with Crippen molar-refractivity contribution in [3.63, 3.8) is 0 Å². The molecule has 1 saturated heterocycles. The van der Waals surface area contributed by atoms with Crippen molar-refractivity contribution in [1.29, 1.82) is 0 Å². The van der Waals surface area contributed by atoms with Crippen LogP contribution in [0.3, 0.4) is 0 Å². The van der Waals surface area contributed by atoms with Gasteiger partial charge in [-0.3, -0.25) is 9.69 Å². The van der Waals surface area contributed by atoms with E-state index in [0.717, 1.165) is 43.7 Å². The Balaban J connectivity index is 1.59. The van der Waals surface area contributed by atoms with Crippen LogP contribution in [0, 0.1) is 18.3 Å². The van der Waals surface area contributed by atoms with Gasteiger partial charge in [-0.15, -0.1) is 0 Å². The van der Waals surface area contributed by atoms with Gasteiger partial charge in [0, 0.05) is 25.8 Å². The highest BCUT2D eigenvalue weighted by Gasteiger charge is 2.54. The second kappa shape index (κ2) is 4.81. The van der Waals surface area contributed by atoms with Gasteiger partial charge in [-0.2, -0.15) is 0 Å². The number of carbonyl (C=O) groups is 1. The average Bonchev–Trinajstić information content (AvgIpc) is 3.12. The molecular weight excluding hydrogens is 278 g/mol. The number of hydrogen-bond acceptors (Lipinski definition) is 3. The van der Waals surface area contributed by atoms with Crippen molar-refractivity contribution >= 4 is 11.6 Å². The first-order valence-electron chi connectivity index (χ1n) is 7.97. The van der Waals surface area contributed by atoms with Crippen molar-refractivity contribution in [3.05, 3.63) is 35.8 Å². The van der Waals surface area contributed by atoms with Gasteiger partial charge in [-0.05, 0) is 37.3 Å². The van der Waals surface area contributed by atoms with Crippen LogP contribution >= 0.6 is 0 Å². The molecule has 2 aromatic rings. The van der Waals surface area contributed by atoms with Crippen LogP contribution in [-0.4, -0.2) is 38.4 Å². The second-order valence-corrected chi connectivity index (χ2v) is 6.90. The second-order valence-electron chi connectivity index (χ2n) is 6.90. The Morgan fingerprint density at radius 1 is 1.50 bits per heavy atom. The quantitative estimate of drug-likeness (QED) is 0.945. The van der Waals surface area contributed by atoms with Crippen LogP contribution < -0.4 is 0 Å². The molecule has 2 aliphatic rings. The zero-order valence-electron chi connectivity index (χ0n) is 12.8. The lowest BCUT2D eigenvalue weighted by Crippen LogP contribution is -2.35. The average molecular weight is 299 g/mol. The van der Waals surface area contributed by atoms with Crippen molar-refractivity contribution in [1.82, 2.24) is 14.3 Å². The van der Waals surface area contributed by atoms with Crippen LogP contribution in [0.1, 0.15) is 30.5 Å². The van der Waals surface area contributed by atoms with E-state index in [1.807, 2.05) is 12.3 Å². The maximum Gasteiger partial charge on any atom is 0.311 e. The highest BCUT2D eigenvalue weighted by atomic mass is 16.4. The number of pyridine rings is 1. The van der Waals surface area contributed by atoms with E-state index in [4.69, 9.17) is 0 Å². The molecule has 22 heavy (non-hydrogen) atoms. The molecule has 0 bridgehead atoms. The van der Waals surface area contributed by atoms with Gasteiger partial charge < -0.3 is 9.51 Å². The molecule has 2 atom stereocenters. The van der Waals surface area contributed by atoms with E-state index in [1.165, 1.54) is 5.56 Å². The van der Waals surface area contributed by atoms with Gasteiger partial charge in [0.2, 0.25) is 0 Å². The van der Waals surface area contributed by atoms with Gasteiger partial charge in [0.05, 0.1) is 17.3 Å². The highest BCUT2D eigenvalue weighted by Crippen LogP contribution is 2.49. The number of fused-ring (bicyclic) bond motifs is 2. The Kier molecular flexibility index (Phi) is 3.01. The SMILES string of the molecule is Cc1ccc2ncc(CN3C[C@@H]4CCC[C@@]4(C(=O)O)C3)n2c1. The van der Waals surface area contributed by atoms with E-state index < -0.39 is 11.4 Å². The summed E-state index contributed by atoms with van der Waals surface area (Å²) in [5.41, 5.74) is 2.79. The fourth-order valence-electron chi connectivity index (χ4n) is 4.35. The molecule has 3 heterocycles. The van der Waals surface area contributed by atoms with E-state index in [0.29, 0.717) is 12.5 Å². The zero-order valence-corrected chi connectivity index (χ0v) is 12.8. The lowest BCUT2D eigenvalue weighted by Gasteiger charge is -2.23. The number of likely N-dealkylation sites (tertiary alicyclic amines) is 1. The van der Waals surface area contributed by atoms with E-state index >= 15 is 0 Å². The van der Waals surface area contributed by atoms with E-state index in [9.17, 15) is 9.90 Å². The first kappa shape index (κ1) is 13.8. The van der Waals surface area contributed by atoms with Crippen LogP contribution in [-0.2, 0) is 11.3 Å². The molecule has 116 valence electrons. The third kappa shape index (κ3) is 1.96. The van der Waals surface area contributed by atoms with Crippen LogP contribution in [0.2, 0.25) is 0 Å². The fourth-order valence-corrected chi connectivity index (χ4v) is 4.35. The molecule has 5 nitrogen and oxygen atoms in total. The van der Waals surface area contributed by atoms with E-state index in [2.05, 4.69) is 33.5 Å². The summed E-state index contributed by atoms with van der Waals surface area (Å²) in [6.45, 7) is 4.41. The molecule has 1 aliphatic heterocycles. The number of aliphatic carboxylic acids is 1. The van der Waals surface area contributed by atoms with E-state index in [-0.39, 0.29) is 0 Å². The normalized spacial score (nSPS) is 28.3. The minimum absolute atomic E-state index is 0.311. The van der Waals surface area contributed by atoms with Crippen LogP contribution in [0.25, 0.3) is 5.65 Å². The highest BCUT2D eigenvalue weighted by molar-refractivity contribution is 5.76. The number of carboxylic acids is 1. The summed E-state index contributed by atoms with van der Waals surface area (Å²) in [5.74, 6) is -0.294. The summed E-state index contributed by atoms with van der Waals surface area (Å²) in [5, 5.41) is 9.68. The summed E-state index contributed by atoms with van der Waals surface area (Å²) in [6, 6.07) is 4.09. The minimum atomic E-state index is -0.605. The van der Waals surface area contributed by atoms with Gasteiger partial charge in [-0.1, -0.05) is 12.5 Å². The first-order chi connectivity index (χ1) is 10.6. The predicted molar refractivity (Wildman–Crippen MR) is 82.6 cm³/mol. The van der Waals surface area contributed by atoms with E-state index in [1.54, 1.807) is 0 Å². The summed E-state index contributed by atoms with van der Waals surface area (Å²) in [6.07, 6.45) is 6.95. The molecule has 0 radical (unpaired) electrons. The number of nitrogens with zero attached hydrogens (tertiary/aromatic N) is 3. The third-order valence-electron chi connectivity index (χ3n) is 5.48. The lowest BCUT2D eigenvalue weighted by atomic mass is 9.81. The molecular formula is C17H21N3O2. The molecule has 2 aromatic heterocycles. The van der Waals surface area contributed by atoms with Crippen LogP contribution in [0.5, 0.6) is 0 Å². The van der Waals surface area contributed by atoms with Crippen LogP contribution in [0.4, 0.5) is 0 Å². The predicted octanol–water partition coefficient (Wildman–Crippen LogP) is 2.33. The Morgan fingerprint density at radius 3 is 3.14 bits per heavy atom. The number of imidazole rings is 1. The molecule has 2 fully saturated rings. The van der Waals surface area contributed by atoms with Crippen molar-refractivity contribution < 1.29 is 9.90 Å². The monoisotopic (exact) mass is 299 g/mol. The Morgan fingerprint density at radius 2 is 2.36 bits per heavy atom. The Hall–Kier alpha value is -1.88. The molecule has 1 saturated carbocycles. The maximum absolute atomic E-state index is 11.8. The van der Waals surface area contributed by atoms with Crippen molar-refractivity contribution in [3.8, 4) is 0 Å². The summed E-state index contributed by atoms with van der Waals surface area (Å²) >= 11 is 0. The molecule has 0 amide bonds. The third-order valence-corrected chi connectivity index (χ3v) is 5.48. The Labute approximate surface area is 129 Å². The van der Waals surface area contributed by atoms with Gasteiger partial charge in [0.1, 0.15) is 5.65 Å². The van der Waals surface area contributed by atoms with Crippen LogP contribution in [0.15, 0.2) is 24.5 Å². The molecule has 0 aromatic carbocycles. The van der Waals surface area contributed by atoms with Gasteiger partial charge in [0.25, 0.3) is 0 Å². The summed E-state index contributed by atoms with van der Waals surface area (Å²) in [4.78, 5) is 18.5. The molecule has 0 unspecified atom stereocenters. The van der Waals surface area contributed by atoms with Crippen molar-refractivity contribution in [2.45, 2.75) is 32.7 Å². The minimum Gasteiger partial charge on any atom is -0.481 e. The standard InChI is InChI=1S/C17H21N3O2/c1-12-4-5-15-18-7-14(20(15)8-12)10-19-9-13-3-2-6-17(13,11-19)16(21)22/h4-5,7-8,13H,2-3,6,9-11H2,1H3,(H,21,22)/t13-,17+/m0/s1. The molecule has 0 spiro atoms. The maximum atomic E-state index is 11.8. The topological polar surface area (TPSA) is 57.8 Å². The number of aryl methyl sites for hydroxylation is 1. The number of carboxylic acid groups (broad SMARTS) is 1.